The van der Waals surface area contributed by atoms with Crippen LogP contribution >= 0.6 is 0 Å². The summed E-state index contributed by atoms with van der Waals surface area (Å²) in [6.07, 6.45) is 7.05. The highest BCUT2D eigenvalue weighted by molar-refractivity contribution is 5.21. The van der Waals surface area contributed by atoms with Crippen LogP contribution in [0.25, 0.3) is 0 Å². The fourth-order valence-electron chi connectivity index (χ4n) is 3.45. The van der Waals surface area contributed by atoms with Crippen LogP contribution in [0.15, 0.2) is 6.20 Å². The second-order valence-electron chi connectivity index (χ2n) is 8.28. The van der Waals surface area contributed by atoms with E-state index in [0.717, 1.165) is 26.2 Å². The zero-order chi connectivity index (χ0) is 17.6. The Hall–Kier alpha value is -0.910. The number of likely N-dealkylation sites (N-methyl/N-ethyl adjacent to an activating group) is 2. The quantitative estimate of drug-likeness (QED) is 0.766. The molecule has 0 amide bonds. The van der Waals surface area contributed by atoms with Gasteiger partial charge in [0.25, 0.3) is 0 Å². The molecule has 1 aromatic rings. The van der Waals surface area contributed by atoms with E-state index in [9.17, 15) is 0 Å². The average molecular weight is 337 g/mol. The van der Waals surface area contributed by atoms with E-state index in [4.69, 9.17) is 4.74 Å². The molecule has 24 heavy (non-hydrogen) atoms. The lowest BCUT2D eigenvalue weighted by atomic mass is 9.80. The molecule has 0 radical (unpaired) electrons. The molecule has 0 unspecified atom stereocenters. The van der Waals surface area contributed by atoms with Crippen molar-refractivity contribution in [2.45, 2.75) is 64.5 Å². The van der Waals surface area contributed by atoms with Crippen molar-refractivity contribution < 1.29 is 4.74 Å². The van der Waals surface area contributed by atoms with Crippen LogP contribution < -0.4 is 5.32 Å². The zero-order valence-electron chi connectivity index (χ0n) is 16.2. The molecule has 2 rings (SSSR count). The minimum absolute atomic E-state index is 0.0237. The molecular formula is C19H36N4O. The lowest BCUT2D eigenvalue weighted by Gasteiger charge is -2.30. The highest BCUT2D eigenvalue weighted by Gasteiger charge is 2.27. The van der Waals surface area contributed by atoms with Gasteiger partial charge in [-0.2, -0.15) is 5.10 Å². The molecule has 5 nitrogen and oxygen atoms in total. The summed E-state index contributed by atoms with van der Waals surface area (Å²) >= 11 is 0. The summed E-state index contributed by atoms with van der Waals surface area (Å²) in [4.78, 5) is 2.35. The first kappa shape index (κ1) is 19.4. The first-order valence-corrected chi connectivity index (χ1v) is 9.38. The van der Waals surface area contributed by atoms with E-state index in [-0.39, 0.29) is 5.60 Å². The van der Waals surface area contributed by atoms with Gasteiger partial charge in [-0.25, -0.2) is 0 Å². The van der Waals surface area contributed by atoms with E-state index in [2.05, 4.69) is 54.4 Å². The van der Waals surface area contributed by atoms with Crippen LogP contribution in [0.2, 0.25) is 0 Å². The van der Waals surface area contributed by atoms with Crippen molar-refractivity contribution in [2.24, 2.45) is 5.92 Å². The van der Waals surface area contributed by atoms with Crippen LogP contribution in [-0.4, -0.2) is 54.5 Å². The van der Waals surface area contributed by atoms with E-state index in [1.165, 1.54) is 36.9 Å². The smallest absolute Gasteiger partial charge is 0.0697 e. The Morgan fingerprint density at radius 1 is 1.29 bits per heavy atom. The molecule has 1 aromatic heterocycles. The maximum Gasteiger partial charge on any atom is 0.0697 e. The normalized spacial score (nSPS) is 22.2. The molecule has 0 atom stereocenters. The summed E-state index contributed by atoms with van der Waals surface area (Å²) < 4.78 is 5.97. The molecular weight excluding hydrogens is 300 g/mol. The summed E-state index contributed by atoms with van der Waals surface area (Å²) in [5, 5.41) is 10.9. The van der Waals surface area contributed by atoms with Crippen molar-refractivity contribution >= 4 is 0 Å². The standard InChI is InChI=1S/C19H36N4O/c1-19(2,3)24-14-15-6-8-16(9-7-15)18-17(12-21-22-18)13-23(5)11-10-20-4/h12,15-16,20H,6-11,13-14H2,1-5H3,(H,21,22)/t15-,16+. The highest BCUT2D eigenvalue weighted by Crippen LogP contribution is 2.36. The van der Waals surface area contributed by atoms with E-state index < -0.39 is 0 Å². The average Bonchev–Trinajstić information content (AvgIpc) is 2.99. The van der Waals surface area contributed by atoms with Gasteiger partial charge in [0.15, 0.2) is 0 Å². The maximum absolute atomic E-state index is 5.97. The largest absolute Gasteiger partial charge is 0.376 e. The van der Waals surface area contributed by atoms with Gasteiger partial charge in [0.05, 0.1) is 17.9 Å². The van der Waals surface area contributed by atoms with E-state index in [1.54, 1.807) is 0 Å². The monoisotopic (exact) mass is 336 g/mol. The number of aromatic amines is 1. The Balaban J connectivity index is 1.83. The summed E-state index contributed by atoms with van der Waals surface area (Å²) in [5.74, 6) is 1.32. The number of H-pyrrole nitrogens is 1. The molecule has 138 valence electrons. The third kappa shape index (κ3) is 6.19. The van der Waals surface area contributed by atoms with E-state index >= 15 is 0 Å². The molecule has 1 aliphatic rings. The summed E-state index contributed by atoms with van der Waals surface area (Å²) in [7, 11) is 4.17. The molecule has 0 saturated heterocycles. The number of hydrogen-bond acceptors (Lipinski definition) is 4. The van der Waals surface area contributed by atoms with E-state index in [1.807, 2.05) is 7.05 Å². The molecule has 0 aliphatic heterocycles. The van der Waals surface area contributed by atoms with Crippen LogP contribution in [0.1, 0.15) is 63.6 Å². The number of rotatable bonds is 8. The van der Waals surface area contributed by atoms with Crippen LogP contribution in [0.5, 0.6) is 0 Å². The minimum Gasteiger partial charge on any atom is -0.376 e. The molecule has 0 spiro atoms. The second kappa shape index (κ2) is 8.97. The topological polar surface area (TPSA) is 53.2 Å². The number of nitrogens with one attached hydrogen (secondary N) is 2. The third-order valence-electron chi connectivity index (χ3n) is 4.92. The zero-order valence-corrected chi connectivity index (χ0v) is 16.2. The second-order valence-corrected chi connectivity index (χ2v) is 8.28. The van der Waals surface area contributed by atoms with Crippen LogP contribution in [-0.2, 0) is 11.3 Å². The number of ether oxygens (including phenoxy) is 1. The van der Waals surface area contributed by atoms with Gasteiger partial charge in [0.2, 0.25) is 0 Å². The molecule has 1 saturated carbocycles. The van der Waals surface area contributed by atoms with Gasteiger partial charge in [-0.15, -0.1) is 0 Å². The van der Waals surface area contributed by atoms with Gasteiger partial charge in [0.1, 0.15) is 0 Å². The Morgan fingerprint density at radius 3 is 2.62 bits per heavy atom. The lowest BCUT2D eigenvalue weighted by Crippen LogP contribution is -2.28. The van der Waals surface area contributed by atoms with Crippen molar-refractivity contribution in [1.29, 1.82) is 0 Å². The van der Waals surface area contributed by atoms with Crippen molar-refractivity contribution in [1.82, 2.24) is 20.4 Å². The van der Waals surface area contributed by atoms with Crippen LogP contribution in [0.3, 0.4) is 0 Å². The van der Waals surface area contributed by atoms with Gasteiger partial charge in [-0.3, -0.25) is 5.10 Å². The van der Waals surface area contributed by atoms with Crippen molar-refractivity contribution in [3.63, 3.8) is 0 Å². The maximum atomic E-state index is 5.97. The molecule has 5 heteroatoms. The Bertz CT molecular complexity index is 472. The number of nitrogens with zero attached hydrogens (tertiary/aromatic N) is 2. The molecule has 2 N–H and O–H groups in total. The first-order valence-electron chi connectivity index (χ1n) is 9.38. The van der Waals surface area contributed by atoms with Gasteiger partial charge < -0.3 is 15.0 Å². The minimum atomic E-state index is -0.0237. The molecule has 0 bridgehead atoms. The SMILES string of the molecule is CNCCN(C)Cc1c[nH]nc1[C@H]1CC[C@@H](COC(C)(C)C)CC1. The fraction of sp³-hybridized carbons (Fsp3) is 0.842. The first-order chi connectivity index (χ1) is 11.4. The van der Waals surface area contributed by atoms with Gasteiger partial charge in [-0.1, -0.05) is 0 Å². The Labute approximate surface area is 147 Å². The Kier molecular flexibility index (Phi) is 7.26. The van der Waals surface area contributed by atoms with Gasteiger partial charge in [0, 0.05) is 37.3 Å². The van der Waals surface area contributed by atoms with Crippen molar-refractivity contribution in [2.75, 3.05) is 33.8 Å². The highest BCUT2D eigenvalue weighted by atomic mass is 16.5. The number of hydrogen-bond donors (Lipinski definition) is 2. The summed E-state index contributed by atoms with van der Waals surface area (Å²) in [6, 6.07) is 0. The van der Waals surface area contributed by atoms with Crippen molar-refractivity contribution in [3.05, 3.63) is 17.5 Å². The van der Waals surface area contributed by atoms with Crippen LogP contribution in [0.4, 0.5) is 0 Å². The summed E-state index contributed by atoms with van der Waals surface area (Å²) in [6.45, 7) is 10.4. The lowest BCUT2D eigenvalue weighted by molar-refractivity contribution is -0.0286. The molecule has 1 fully saturated rings. The van der Waals surface area contributed by atoms with E-state index in [0.29, 0.717) is 11.8 Å². The predicted octanol–water partition coefficient (Wildman–Crippen LogP) is 3.15. The van der Waals surface area contributed by atoms with Crippen LogP contribution in [0, 0.1) is 5.92 Å². The third-order valence-corrected chi connectivity index (χ3v) is 4.92. The summed E-state index contributed by atoms with van der Waals surface area (Å²) in [5.41, 5.74) is 2.63. The molecule has 1 heterocycles. The van der Waals surface area contributed by atoms with Crippen molar-refractivity contribution in [3.8, 4) is 0 Å². The number of aromatic nitrogens is 2. The fourth-order valence-corrected chi connectivity index (χ4v) is 3.45. The molecule has 1 aliphatic carbocycles. The molecule has 0 aromatic carbocycles. The van der Waals surface area contributed by atoms with Gasteiger partial charge >= 0.3 is 0 Å². The Morgan fingerprint density at radius 2 is 2.00 bits per heavy atom. The predicted molar refractivity (Wildman–Crippen MR) is 99.3 cm³/mol. The van der Waals surface area contributed by atoms with Gasteiger partial charge in [-0.05, 0) is 66.5 Å².